The molecule has 4 aromatic rings. The first kappa shape index (κ1) is 17.2. The second-order valence-electron chi connectivity index (χ2n) is 8.14. The number of carbonyl (C=O) groups excluding carboxylic acids is 2. The first-order valence-electron chi connectivity index (χ1n) is 10.3. The Morgan fingerprint density at radius 1 is 0.767 bits per heavy atom. The second kappa shape index (κ2) is 6.42. The van der Waals surface area contributed by atoms with Crippen LogP contribution in [0.25, 0.3) is 10.9 Å². The lowest BCUT2D eigenvalue weighted by molar-refractivity contribution is -0.122. The molecule has 1 aliphatic heterocycles. The van der Waals surface area contributed by atoms with Crippen molar-refractivity contribution < 1.29 is 9.59 Å². The summed E-state index contributed by atoms with van der Waals surface area (Å²) in [4.78, 5) is 32.4. The third-order valence-corrected chi connectivity index (χ3v) is 6.59. The molecule has 146 valence electrons. The van der Waals surface area contributed by atoms with E-state index in [0.29, 0.717) is 5.69 Å². The Labute approximate surface area is 174 Å². The molecule has 0 spiro atoms. The van der Waals surface area contributed by atoms with Crippen LogP contribution in [0.1, 0.15) is 28.7 Å². The van der Waals surface area contributed by atoms with Crippen LogP contribution in [0.5, 0.6) is 0 Å². The molecular weight excluding hydrogens is 372 g/mol. The number of rotatable bonds is 2. The minimum absolute atomic E-state index is 0.0399. The van der Waals surface area contributed by atoms with E-state index in [1.807, 2.05) is 72.8 Å². The zero-order chi connectivity index (χ0) is 20.2. The van der Waals surface area contributed by atoms with Crippen LogP contribution in [-0.4, -0.2) is 16.8 Å². The maximum absolute atomic E-state index is 13.7. The van der Waals surface area contributed by atoms with Gasteiger partial charge in [-0.3, -0.25) is 9.59 Å². The SMILES string of the molecule is O=C1C2c3c([nH]c4ccccc34)CC(c3ccccc3)C2C(=O)N1c1ccccc1. The molecule has 1 saturated heterocycles. The maximum Gasteiger partial charge on any atom is 0.242 e. The summed E-state index contributed by atoms with van der Waals surface area (Å²) in [7, 11) is 0. The highest BCUT2D eigenvalue weighted by Gasteiger charge is 2.55. The van der Waals surface area contributed by atoms with Gasteiger partial charge in [-0.2, -0.15) is 0 Å². The van der Waals surface area contributed by atoms with Crippen LogP contribution in [0.15, 0.2) is 84.9 Å². The lowest BCUT2D eigenvalue weighted by Gasteiger charge is -2.31. The van der Waals surface area contributed by atoms with E-state index in [1.165, 1.54) is 4.90 Å². The molecule has 4 heteroatoms. The van der Waals surface area contributed by atoms with E-state index in [0.717, 1.165) is 34.1 Å². The van der Waals surface area contributed by atoms with E-state index in [9.17, 15) is 9.59 Å². The molecule has 0 saturated carbocycles. The first-order valence-corrected chi connectivity index (χ1v) is 10.3. The van der Waals surface area contributed by atoms with Crippen molar-refractivity contribution in [2.45, 2.75) is 18.3 Å². The van der Waals surface area contributed by atoms with Gasteiger partial charge in [0.15, 0.2) is 0 Å². The molecule has 1 aliphatic carbocycles. The third-order valence-electron chi connectivity index (χ3n) is 6.59. The zero-order valence-electron chi connectivity index (χ0n) is 16.3. The molecule has 2 aliphatic rings. The van der Waals surface area contributed by atoms with E-state index >= 15 is 0 Å². The Hall–Kier alpha value is -3.66. The van der Waals surface area contributed by atoms with Gasteiger partial charge in [0, 0.05) is 22.5 Å². The average molecular weight is 392 g/mol. The lowest BCUT2D eigenvalue weighted by atomic mass is 9.69. The van der Waals surface area contributed by atoms with Crippen molar-refractivity contribution in [3.63, 3.8) is 0 Å². The number of hydrogen-bond donors (Lipinski definition) is 1. The number of anilines is 1. The van der Waals surface area contributed by atoms with Crippen molar-refractivity contribution in [3.05, 3.63) is 102 Å². The Kier molecular flexibility index (Phi) is 3.69. The first-order chi connectivity index (χ1) is 14.7. The molecule has 2 amide bonds. The van der Waals surface area contributed by atoms with Crippen LogP contribution >= 0.6 is 0 Å². The lowest BCUT2D eigenvalue weighted by Crippen LogP contribution is -2.32. The summed E-state index contributed by atoms with van der Waals surface area (Å²) in [6, 6.07) is 27.5. The predicted octanol–water partition coefficient (Wildman–Crippen LogP) is 4.78. The van der Waals surface area contributed by atoms with Crippen molar-refractivity contribution in [3.8, 4) is 0 Å². The molecule has 30 heavy (non-hydrogen) atoms. The molecule has 1 fully saturated rings. The summed E-state index contributed by atoms with van der Waals surface area (Å²) in [5.41, 5.74) is 4.85. The van der Waals surface area contributed by atoms with Gasteiger partial charge in [-0.1, -0.05) is 66.7 Å². The number of aromatic nitrogens is 1. The smallest absolute Gasteiger partial charge is 0.242 e. The molecule has 3 atom stereocenters. The highest BCUT2D eigenvalue weighted by atomic mass is 16.2. The van der Waals surface area contributed by atoms with E-state index < -0.39 is 11.8 Å². The fourth-order valence-electron chi connectivity index (χ4n) is 5.34. The van der Waals surface area contributed by atoms with E-state index in [2.05, 4.69) is 17.1 Å². The minimum Gasteiger partial charge on any atom is -0.358 e. The fraction of sp³-hybridized carbons (Fsp3) is 0.154. The molecule has 3 aromatic carbocycles. The number of hydrogen-bond acceptors (Lipinski definition) is 2. The van der Waals surface area contributed by atoms with E-state index in [-0.39, 0.29) is 17.7 Å². The Morgan fingerprint density at radius 3 is 2.20 bits per heavy atom. The summed E-state index contributed by atoms with van der Waals surface area (Å²) >= 11 is 0. The number of para-hydroxylation sites is 2. The van der Waals surface area contributed by atoms with Crippen molar-refractivity contribution in [2.24, 2.45) is 5.92 Å². The summed E-state index contributed by atoms with van der Waals surface area (Å²) < 4.78 is 0. The quantitative estimate of drug-likeness (QED) is 0.499. The van der Waals surface area contributed by atoms with Crippen LogP contribution in [0.3, 0.4) is 0 Å². The molecule has 1 aromatic heterocycles. The van der Waals surface area contributed by atoms with Crippen molar-refractivity contribution >= 4 is 28.4 Å². The highest BCUT2D eigenvalue weighted by Crippen LogP contribution is 2.52. The Balaban J connectivity index is 1.58. The predicted molar refractivity (Wildman–Crippen MR) is 116 cm³/mol. The number of fused-ring (bicyclic) bond motifs is 5. The summed E-state index contributed by atoms with van der Waals surface area (Å²) in [6.45, 7) is 0. The zero-order valence-corrected chi connectivity index (χ0v) is 16.3. The minimum atomic E-state index is -0.470. The number of amides is 2. The van der Waals surface area contributed by atoms with Crippen LogP contribution in [0.2, 0.25) is 0 Å². The number of benzene rings is 3. The van der Waals surface area contributed by atoms with Crippen LogP contribution in [0.4, 0.5) is 5.69 Å². The molecule has 3 unspecified atom stereocenters. The largest absolute Gasteiger partial charge is 0.358 e. The van der Waals surface area contributed by atoms with Crippen LogP contribution in [-0.2, 0) is 16.0 Å². The molecule has 1 N–H and O–H groups in total. The molecule has 6 rings (SSSR count). The van der Waals surface area contributed by atoms with Crippen molar-refractivity contribution in [1.29, 1.82) is 0 Å². The number of nitrogens with zero attached hydrogens (tertiary/aromatic N) is 1. The summed E-state index contributed by atoms with van der Waals surface area (Å²) in [5, 5.41) is 1.05. The van der Waals surface area contributed by atoms with E-state index in [1.54, 1.807) is 0 Å². The van der Waals surface area contributed by atoms with Gasteiger partial charge < -0.3 is 4.98 Å². The molecular formula is C26H20N2O2. The maximum atomic E-state index is 13.7. The number of carbonyl (C=O) groups is 2. The van der Waals surface area contributed by atoms with Gasteiger partial charge in [-0.25, -0.2) is 4.90 Å². The molecule has 0 bridgehead atoms. The third kappa shape index (κ3) is 2.34. The fourth-order valence-corrected chi connectivity index (χ4v) is 5.34. The van der Waals surface area contributed by atoms with Gasteiger partial charge in [-0.05, 0) is 35.7 Å². The topological polar surface area (TPSA) is 53.2 Å². The average Bonchev–Trinajstić information content (AvgIpc) is 3.29. The Morgan fingerprint density at radius 2 is 1.43 bits per heavy atom. The van der Waals surface area contributed by atoms with Gasteiger partial charge in [0.25, 0.3) is 0 Å². The number of aromatic amines is 1. The van der Waals surface area contributed by atoms with Crippen molar-refractivity contribution in [2.75, 3.05) is 4.90 Å². The van der Waals surface area contributed by atoms with Gasteiger partial charge in [-0.15, -0.1) is 0 Å². The van der Waals surface area contributed by atoms with Gasteiger partial charge in [0.05, 0.1) is 17.5 Å². The number of H-pyrrole nitrogens is 1. The summed E-state index contributed by atoms with van der Waals surface area (Å²) in [6.07, 6.45) is 0.719. The molecule has 2 heterocycles. The van der Waals surface area contributed by atoms with Gasteiger partial charge in [0.1, 0.15) is 0 Å². The van der Waals surface area contributed by atoms with Gasteiger partial charge in [0.2, 0.25) is 11.8 Å². The van der Waals surface area contributed by atoms with Crippen molar-refractivity contribution in [1.82, 2.24) is 4.98 Å². The van der Waals surface area contributed by atoms with Crippen LogP contribution < -0.4 is 4.90 Å². The number of nitrogens with one attached hydrogen (secondary N) is 1. The van der Waals surface area contributed by atoms with E-state index in [4.69, 9.17) is 0 Å². The normalized spacial score (nSPS) is 22.9. The van der Waals surface area contributed by atoms with Crippen LogP contribution in [0, 0.1) is 5.92 Å². The summed E-state index contributed by atoms with van der Waals surface area (Å²) in [5.74, 6) is -1.12. The second-order valence-corrected chi connectivity index (χ2v) is 8.14. The monoisotopic (exact) mass is 392 g/mol. The van der Waals surface area contributed by atoms with Gasteiger partial charge >= 0.3 is 0 Å². The number of imide groups is 1. The molecule has 0 radical (unpaired) electrons. The molecule has 4 nitrogen and oxygen atoms in total. The standard InChI is InChI=1S/C26H20N2O2/c29-25-23-19(16-9-3-1-4-10-16)15-21-22(18-13-7-8-14-20(18)27-21)24(23)26(30)28(25)17-11-5-2-6-12-17/h1-14,19,23-24,27H,15H2. The highest BCUT2D eigenvalue weighted by molar-refractivity contribution is 6.25. The Bertz CT molecular complexity index is 1280.